The van der Waals surface area contributed by atoms with Gasteiger partial charge < -0.3 is 0 Å². The smallest absolute Gasteiger partial charge is 0.00107 e. The van der Waals surface area contributed by atoms with Gasteiger partial charge in [-0.2, -0.15) is 0 Å². The fraction of sp³-hybridized carbons (Fsp3) is 0.222. The third-order valence-corrected chi connectivity index (χ3v) is 3.80. The van der Waals surface area contributed by atoms with Crippen molar-refractivity contribution in [2.24, 2.45) is 0 Å². The molecule has 1 aliphatic carbocycles. The molecule has 0 heterocycles. The molecule has 2 aromatic rings. The minimum atomic E-state index is 1.11. The van der Waals surface area contributed by atoms with Gasteiger partial charge in [0, 0.05) is 0 Å². The lowest BCUT2D eigenvalue weighted by Gasteiger charge is -2.07. The highest BCUT2D eigenvalue weighted by atomic mass is 14.2. The Morgan fingerprint density at radius 3 is 2.72 bits per heavy atom. The molecule has 0 aliphatic heterocycles. The fourth-order valence-electron chi connectivity index (χ4n) is 2.89. The number of hydrogen-bond donors (Lipinski definition) is 0. The van der Waals surface area contributed by atoms with Gasteiger partial charge in [-0.3, -0.25) is 0 Å². The van der Waals surface area contributed by atoms with Crippen molar-refractivity contribution < 1.29 is 0 Å². The highest BCUT2D eigenvalue weighted by molar-refractivity contribution is 5.77. The van der Waals surface area contributed by atoms with Crippen molar-refractivity contribution in [2.75, 3.05) is 0 Å². The van der Waals surface area contributed by atoms with Crippen molar-refractivity contribution in [3.8, 4) is 11.1 Å². The molecule has 3 rings (SSSR count). The molecule has 0 amide bonds. The summed E-state index contributed by atoms with van der Waals surface area (Å²) in [5, 5.41) is 0. The average molecular weight is 234 g/mol. The van der Waals surface area contributed by atoms with E-state index in [0.717, 1.165) is 12.8 Å². The number of aryl methyl sites for hydroxylation is 1. The highest BCUT2D eigenvalue weighted by Crippen LogP contribution is 2.38. The van der Waals surface area contributed by atoms with Crippen LogP contribution in [-0.4, -0.2) is 0 Å². The van der Waals surface area contributed by atoms with Gasteiger partial charge in [-0.15, -0.1) is 6.58 Å². The van der Waals surface area contributed by atoms with Gasteiger partial charge >= 0.3 is 0 Å². The van der Waals surface area contributed by atoms with Crippen molar-refractivity contribution in [1.82, 2.24) is 0 Å². The normalized spacial score (nSPS) is 12.0. The first-order chi connectivity index (χ1) is 8.90. The van der Waals surface area contributed by atoms with Crippen LogP contribution in [-0.2, 0) is 12.8 Å². The van der Waals surface area contributed by atoms with Gasteiger partial charge in [-0.1, -0.05) is 48.5 Å². The summed E-state index contributed by atoms with van der Waals surface area (Å²) in [6.07, 6.45) is 6.60. The molecule has 0 heteroatoms. The Labute approximate surface area is 109 Å². The minimum absolute atomic E-state index is 1.11. The van der Waals surface area contributed by atoms with E-state index < -0.39 is 0 Å². The zero-order chi connectivity index (χ0) is 12.4. The van der Waals surface area contributed by atoms with E-state index in [9.17, 15) is 0 Å². The molecule has 2 aromatic carbocycles. The molecule has 0 spiro atoms. The lowest BCUT2D eigenvalue weighted by atomic mass is 9.97. The zero-order valence-electron chi connectivity index (χ0n) is 10.7. The first kappa shape index (κ1) is 11.3. The molecule has 0 saturated heterocycles. The van der Waals surface area contributed by atoms with E-state index in [-0.39, 0.29) is 0 Å². The number of rotatable bonds is 4. The molecule has 18 heavy (non-hydrogen) atoms. The van der Waals surface area contributed by atoms with Gasteiger partial charge in [0.2, 0.25) is 0 Å². The van der Waals surface area contributed by atoms with Gasteiger partial charge in [-0.25, -0.2) is 0 Å². The summed E-state index contributed by atoms with van der Waals surface area (Å²) in [5.41, 5.74) is 7.41. The summed E-state index contributed by atoms with van der Waals surface area (Å²) >= 11 is 0. The fourth-order valence-corrected chi connectivity index (χ4v) is 2.89. The molecule has 0 radical (unpaired) electrons. The molecule has 90 valence electrons. The Bertz CT molecular complexity index is 578. The molecule has 0 unspecified atom stereocenters. The van der Waals surface area contributed by atoms with E-state index >= 15 is 0 Å². The number of hydrogen-bond acceptors (Lipinski definition) is 0. The molecular weight excluding hydrogens is 216 g/mol. The maximum Gasteiger partial charge on any atom is -0.00107 e. The summed E-state index contributed by atoms with van der Waals surface area (Å²) in [4.78, 5) is 0. The lowest BCUT2D eigenvalue weighted by molar-refractivity contribution is 0.836. The van der Waals surface area contributed by atoms with E-state index in [0.29, 0.717) is 0 Å². The third kappa shape index (κ3) is 1.88. The Kier molecular flexibility index (Phi) is 3.02. The van der Waals surface area contributed by atoms with Crippen LogP contribution < -0.4 is 0 Å². The molecule has 0 aromatic heterocycles. The predicted octanol–water partition coefficient (Wildman–Crippen LogP) is 4.77. The van der Waals surface area contributed by atoms with Crippen LogP contribution in [0.25, 0.3) is 11.1 Å². The van der Waals surface area contributed by atoms with Crippen LogP contribution in [0, 0.1) is 0 Å². The number of unbranched alkanes of at least 4 members (excludes halogenated alkanes) is 1. The Morgan fingerprint density at radius 1 is 1.00 bits per heavy atom. The molecular formula is C18H18. The van der Waals surface area contributed by atoms with Crippen LogP contribution in [0.4, 0.5) is 0 Å². The molecule has 0 N–H and O–H groups in total. The van der Waals surface area contributed by atoms with Gasteiger partial charge in [-0.05, 0) is 53.5 Å². The second kappa shape index (κ2) is 4.81. The molecule has 0 saturated carbocycles. The first-order valence-corrected chi connectivity index (χ1v) is 6.70. The molecule has 0 atom stereocenters. The van der Waals surface area contributed by atoms with Crippen molar-refractivity contribution in [2.45, 2.75) is 25.7 Å². The number of fused-ring (bicyclic) bond motifs is 3. The van der Waals surface area contributed by atoms with Crippen molar-refractivity contribution in [1.29, 1.82) is 0 Å². The Balaban J connectivity index is 1.95. The van der Waals surface area contributed by atoms with E-state index in [1.807, 2.05) is 6.08 Å². The van der Waals surface area contributed by atoms with Crippen molar-refractivity contribution in [3.63, 3.8) is 0 Å². The predicted molar refractivity (Wildman–Crippen MR) is 77.8 cm³/mol. The minimum Gasteiger partial charge on any atom is -0.103 e. The van der Waals surface area contributed by atoms with Gasteiger partial charge in [0.1, 0.15) is 0 Å². The maximum absolute atomic E-state index is 3.80. The van der Waals surface area contributed by atoms with Gasteiger partial charge in [0.25, 0.3) is 0 Å². The van der Waals surface area contributed by atoms with Crippen LogP contribution in [0.2, 0.25) is 0 Å². The van der Waals surface area contributed by atoms with Crippen LogP contribution in [0.3, 0.4) is 0 Å². The van der Waals surface area contributed by atoms with Crippen molar-refractivity contribution in [3.05, 3.63) is 71.8 Å². The summed E-state index contributed by atoms with van der Waals surface area (Å²) in [5.74, 6) is 0. The maximum atomic E-state index is 3.80. The highest BCUT2D eigenvalue weighted by Gasteiger charge is 2.19. The number of allylic oxidation sites excluding steroid dienone is 1. The van der Waals surface area contributed by atoms with Crippen LogP contribution in [0.15, 0.2) is 55.1 Å². The van der Waals surface area contributed by atoms with E-state index in [1.165, 1.54) is 35.1 Å². The van der Waals surface area contributed by atoms with Crippen molar-refractivity contribution >= 4 is 0 Å². The monoisotopic (exact) mass is 234 g/mol. The largest absolute Gasteiger partial charge is 0.103 e. The second-order valence-corrected chi connectivity index (χ2v) is 4.96. The van der Waals surface area contributed by atoms with Crippen LogP contribution in [0.5, 0.6) is 0 Å². The van der Waals surface area contributed by atoms with E-state index in [1.54, 1.807) is 5.56 Å². The molecule has 0 fully saturated rings. The van der Waals surface area contributed by atoms with Crippen LogP contribution in [0.1, 0.15) is 29.5 Å². The molecule has 1 aliphatic rings. The lowest BCUT2D eigenvalue weighted by Crippen LogP contribution is -1.92. The SMILES string of the molecule is C=CCCCc1cccc2c1Cc1ccccc1-2. The zero-order valence-corrected chi connectivity index (χ0v) is 10.7. The van der Waals surface area contributed by atoms with E-state index in [2.05, 4.69) is 49.0 Å². The third-order valence-electron chi connectivity index (χ3n) is 3.80. The second-order valence-electron chi connectivity index (χ2n) is 4.96. The molecule has 0 bridgehead atoms. The summed E-state index contributed by atoms with van der Waals surface area (Å²) in [6.45, 7) is 3.80. The summed E-state index contributed by atoms with van der Waals surface area (Å²) in [6, 6.07) is 15.5. The quantitative estimate of drug-likeness (QED) is 0.450. The van der Waals surface area contributed by atoms with Gasteiger partial charge in [0.15, 0.2) is 0 Å². The Morgan fingerprint density at radius 2 is 1.83 bits per heavy atom. The van der Waals surface area contributed by atoms with Gasteiger partial charge in [0.05, 0.1) is 0 Å². The summed E-state index contributed by atoms with van der Waals surface area (Å²) in [7, 11) is 0. The first-order valence-electron chi connectivity index (χ1n) is 6.70. The average Bonchev–Trinajstić information content (AvgIpc) is 2.79. The summed E-state index contributed by atoms with van der Waals surface area (Å²) < 4.78 is 0. The Hall–Kier alpha value is -1.82. The standard InChI is InChI=1S/C18H18/c1-2-3-4-8-14-10-7-12-17-16-11-6-5-9-15(16)13-18(14)17/h2,5-7,9-12H,1,3-4,8,13H2. The molecule has 0 nitrogen and oxygen atoms in total. The van der Waals surface area contributed by atoms with Crippen LogP contribution >= 0.6 is 0 Å². The topological polar surface area (TPSA) is 0 Å². The number of benzene rings is 2. The van der Waals surface area contributed by atoms with E-state index in [4.69, 9.17) is 0 Å².